The maximum absolute atomic E-state index is 13.0. The van der Waals surface area contributed by atoms with E-state index < -0.39 is 0 Å². The van der Waals surface area contributed by atoms with E-state index in [0.717, 1.165) is 88.0 Å². The molecule has 2 aliphatic heterocycles. The van der Waals surface area contributed by atoms with E-state index in [9.17, 15) is 4.79 Å². The summed E-state index contributed by atoms with van der Waals surface area (Å²) in [5.74, 6) is 2.33. The van der Waals surface area contributed by atoms with E-state index in [2.05, 4.69) is 44.3 Å². The quantitative estimate of drug-likeness (QED) is 0.543. The largest absolute Gasteiger partial charge is 0.497 e. The Morgan fingerprint density at radius 2 is 2.15 bits per heavy atom. The Labute approximate surface area is 202 Å². The molecule has 1 aromatic rings. The van der Waals surface area contributed by atoms with Crippen LogP contribution in [0.1, 0.15) is 43.2 Å². The standard InChI is InChI=1S/C26H37N5O3/c1-19(23(9-11-27-2)30-15-12-28-13-16-30)29-26(32)24-7-8-25(34-24)31-14-10-21(18-31)20-5-4-6-22(17-20)33-3/h6-8,17,21,28H,2,4-5,9-16,18H2,1,3H3,(H,29,32). The Bertz CT molecular complexity index is 971. The van der Waals surface area contributed by atoms with Crippen molar-refractivity contribution in [2.75, 3.05) is 57.8 Å². The second kappa shape index (κ2) is 11.4. The topological polar surface area (TPSA) is 82.3 Å². The van der Waals surface area contributed by atoms with Crippen LogP contribution >= 0.6 is 0 Å². The van der Waals surface area contributed by atoms with Crippen molar-refractivity contribution in [3.05, 3.63) is 52.8 Å². The van der Waals surface area contributed by atoms with Crippen molar-refractivity contribution >= 4 is 18.5 Å². The number of hydrogen-bond donors (Lipinski definition) is 2. The van der Waals surface area contributed by atoms with Gasteiger partial charge in [0.25, 0.3) is 5.91 Å². The molecule has 4 rings (SSSR count). The van der Waals surface area contributed by atoms with Gasteiger partial charge in [-0.25, -0.2) is 0 Å². The van der Waals surface area contributed by atoms with Crippen LogP contribution in [-0.4, -0.2) is 70.4 Å². The molecule has 0 aromatic carbocycles. The van der Waals surface area contributed by atoms with Gasteiger partial charge in [0, 0.05) is 69.7 Å². The van der Waals surface area contributed by atoms with Gasteiger partial charge in [-0.3, -0.25) is 4.79 Å². The second-order valence-electron chi connectivity index (χ2n) is 9.10. The molecule has 2 saturated heterocycles. The van der Waals surface area contributed by atoms with E-state index in [-0.39, 0.29) is 5.91 Å². The molecule has 1 aliphatic carbocycles. The number of nitrogens with one attached hydrogen (secondary N) is 2. The number of hydrogen-bond acceptors (Lipinski definition) is 7. The number of carbonyl (C=O) groups is 1. The van der Waals surface area contributed by atoms with Gasteiger partial charge in [-0.05, 0) is 57.0 Å². The molecule has 0 saturated carbocycles. The van der Waals surface area contributed by atoms with Crippen LogP contribution in [0.25, 0.3) is 0 Å². The minimum absolute atomic E-state index is 0.219. The molecule has 0 radical (unpaired) electrons. The first-order valence-corrected chi connectivity index (χ1v) is 12.3. The first-order valence-electron chi connectivity index (χ1n) is 12.3. The highest BCUT2D eigenvalue weighted by Crippen LogP contribution is 2.33. The van der Waals surface area contributed by atoms with E-state index in [4.69, 9.17) is 9.15 Å². The van der Waals surface area contributed by atoms with Crippen LogP contribution in [-0.2, 0) is 4.74 Å². The fraction of sp³-hybridized carbons (Fsp3) is 0.538. The molecule has 1 unspecified atom stereocenters. The Morgan fingerprint density at radius 1 is 1.32 bits per heavy atom. The summed E-state index contributed by atoms with van der Waals surface area (Å²) in [7, 11) is 1.72. The van der Waals surface area contributed by atoms with E-state index in [0.29, 0.717) is 18.2 Å². The lowest BCUT2D eigenvalue weighted by molar-refractivity contribution is 0.0937. The number of piperazine rings is 1. The van der Waals surface area contributed by atoms with Crippen LogP contribution in [0.4, 0.5) is 5.88 Å². The summed E-state index contributed by atoms with van der Waals surface area (Å²) in [5.41, 5.74) is 3.41. The van der Waals surface area contributed by atoms with Crippen molar-refractivity contribution in [3.63, 3.8) is 0 Å². The average molecular weight is 468 g/mol. The van der Waals surface area contributed by atoms with Crippen LogP contribution in [0.2, 0.25) is 0 Å². The summed E-state index contributed by atoms with van der Waals surface area (Å²) in [6, 6.07) is 3.68. The first-order chi connectivity index (χ1) is 16.6. The minimum atomic E-state index is -0.219. The highest BCUT2D eigenvalue weighted by atomic mass is 16.5. The number of anilines is 1. The first kappa shape index (κ1) is 24.1. The number of allylic oxidation sites excluding steroid dienone is 3. The van der Waals surface area contributed by atoms with Crippen molar-refractivity contribution in [1.82, 2.24) is 15.5 Å². The van der Waals surface area contributed by atoms with Crippen LogP contribution in [0.15, 0.2) is 56.4 Å². The smallest absolute Gasteiger partial charge is 0.291 e. The van der Waals surface area contributed by atoms with Gasteiger partial charge in [0.2, 0.25) is 0 Å². The highest BCUT2D eigenvalue weighted by molar-refractivity contribution is 5.93. The van der Waals surface area contributed by atoms with Crippen molar-refractivity contribution in [1.29, 1.82) is 0 Å². The highest BCUT2D eigenvalue weighted by Gasteiger charge is 2.28. The number of ether oxygens (including phenoxy) is 1. The fourth-order valence-corrected chi connectivity index (χ4v) is 5.05. The Balaban J connectivity index is 1.40. The van der Waals surface area contributed by atoms with Gasteiger partial charge in [-0.15, -0.1) is 0 Å². The van der Waals surface area contributed by atoms with Gasteiger partial charge >= 0.3 is 0 Å². The lowest BCUT2D eigenvalue weighted by atomic mass is 9.91. The molecule has 1 amide bonds. The number of methoxy groups -OCH3 is 1. The molecule has 3 aliphatic rings. The number of carbonyl (C=O) groups excluding carboxylic acids is 1. The Hall–Kier alpha value is -3.00. The van der Waals surface area contributed by atoms with Crippen LogP contribution < -0.4 is 15.5 Å². The van der Waals surface area contributed by atoms with Crippen LogP contribution in [0.3, 0.4) is 0 Å². The fourth-order valence-electron chi connectivity index (χ4n) is 5.05. The van der Waals surface area contributed by atoms with E-state index in [1.54, 1.807) is 13.2 Å². The minimum Gasteiger partial charge on any atom is -0.497 e. The molecule has 1 atom stereocenters. The van der Waals surface area contributed by atoms with Gasteiger partial charge in [0.15, 0.2) is 11.6 Å². The summed E-state index contributed by atoms with van der Waals surface area (Å²) < 4.78 is 11.4. The lowest BCUT2D eigenvalue weighted by Crippen LogP contribution is -2.44. The number of furan rings is 1. The molecule has 0 spiro atoms. The lowest BCUT2D eigenvalue weighted by Gasteiger charge is -2.33. The number of aliphatic imine (C=N–C) groups is 1. The maximum Gasteiger partial charge on any atom is 0.291 e. The predicted octanol–water partition coefficient (Wildman–Crippen LogP) is 3.31. The Morgan fingerprint density at radius 3 is 2.91 bits per heavy atom. The zero-order valence-corrected chi connectivity index (χ0v) is 20.4. The summed E-state index contributed by atoms with van der Waals surface area (Å²) in [4.78, 5) is 21.5. The zero-order chi connectivity index (χ0) is 23.9. The molecule has 8 nitrogen and oxygen atoms in total. The molecule has 3 heterocycles. The number of rotatable bonds is 9. The molecule has 1 aromatic heterocycles. The third-order valence-electron chi connectivity index (χ3n) is 6.92. The predicted molar refractivity (Wildman–Crippen MR) is 135 cm³/mol. The van der Waals surface area contributed by atoms with Gasteiger partial charge < -0.3 is 34.6 Å². The molecule has 34 heavy (non-hydrogen) atoms. The molecule has 8 heteroatoms. The van der Waals surface area contributed by atoms with E-state index in [1.807, 2.05) is 13.0 Å². The summed E-state index contributed by atoms with van der Waals surface area (Å²) in [6.07, 6.45) is 8.28. The third kappa shape index (κ3) is 5.73. The normalized spacial score (nSPS) is 21.5. The summed E-state index contributed by atoms with van der Waals surface area (Å²) in [5, 5.41) is 6.42. The monoisotopic (exact) mass is 467 g/mol. The number of amides is 1. The Kier molecular flexibility index (Phi) is 8.11. The van der Waals surface area contributed by atoms with E-state index >= 15 is 0 Å². The van der Waals surface area contributed by atoms with Crippen molar-refractivity contribution in [2.45, 2.75) is 32.6 Å². The number of nitrogens with zero attached hydrogens (tertiary/aromatic N) is 3. The van der Waals surface area contributed by atoms with Crippen LogP contribution in [0.5, 0.6) is 0 Å². The van der Waals surface area contributed by atoms with Crippen molar-refractivity contribution in [2.24, 2.45) is 10.9 Å². The van der Waals surface area contributed by atoms with Gasteiger partial charge in [-0.1, -0.05) is 5.57 Å². The molecule has 2 fully saturated rings. The van der Waals surface area contributed by atoms with Crippen molar-refractivity contribution in [3.8, 4) is 0 Å². The van der Waals surface area contributed by atoms with Gasteiger partial charge in [-0.2, -0.15) is 0 Å². The zero-order valence-electron chi connectivity index (χ0n) is 20.4. The van der Waals surface area contributed by atoms with Crippen molar-refractivity contribution < 1.29 is 13.9 Å². The van der Waals surface area contributed by atoms with Crippen LogP contribution in [0, 0.1) is 5.92 Å². The molecular formula is C26H37N5O3. The molecule has 184 valence electrons. The third-order valence-corrected chi connectivity index (χ3v) is 6.92. The van der Waals surface area contributed by atoms with E-state index in [1.165, 1.54) is 5.57 Å². The van der Waals surface area contributed by atoms with Gasteiger partial charge in [0.05, 0.1) is 7.11 Å². The average Bonchev–Trinajstić information content (AvgIpc) is 3.55. The molecule has 2 N–H and O–H groups in total. The summed E-state index contributed by atoms with van der Waals surface area (Å²) >= 11 is 0. The van der Waals surface area contributed by atoms with Gasteiger partial charge in [0.1, 0.15) is 5.76 Å². The SMILES string of the molecule is C=NCCC(=C(C)NC(=O)c1ccc(N2CCC(C3=CC(OC)=CCC3)C2)o1)N1CCNCC1. The maximum atomic E-state index is 13.0. The summed E-state index contributed by atoms with van der Waals surface area (Å²) in [6.45, 7) is 11.7. The molecule has 0 bridgehead atoms. The molecular weight excluding hydrogens is 430 g/mol. The second-order valence-corrected chi connectivity index (χ2v) is 9.10.